The Hall–Kier alpha value is -2.69. The third kappa shape index (κ3) is 5.41. The van der Waals surface area contributed by atoms with Crippen molar-refractivity contribution in [2.75, 3.05) is 5.32 Å². The van der Waals surface area contributed by atoms with Crippen LogP contribution in [0, 0.1) is 5.92 Å². The maximum Gasteiger partial charge on any atom is 0.271 e. The van der Waals surface area contributed by atoms with Gasteiger partial charge in [-0.3, -0.25) is 9.59 Å². The number of hydrogen-bond acceptors (Lipinski definition) is 3. The molecule has 0 spiro atoms. The van der Waals surface area contributed by atoms with Crippen molar-refractivity contribution in [2.45, 2.75) is 46.5 Å². The number of anilines is 1. The first-order valence-electron chi connectivity index (χ1n) is 9.00. The van der Waals surface area contributed by atoms with Gasteiger partial charge in [0.15, 0.2) is 0 Å². The molecule has 2 rings (SSSR count). The number of allylic oxidation sites excluding steroid dienone is 3. The molecular formula is C21H27N3O2. The molecule has 138 valence electrons. The van der Waals surface area contributed by atoms with Crippen molar-refractivity contribution in [1.82, 2.24) is 5.43 Å². The highest BCUT2D eigenvalue weighted by molar-refractivity contribution is 6.02. The molecule has 0 fully saturated rings. The summed E-state index contributed by atoms with van der Waals surface area (Å²) in [7, 11) is 0. The van der Waals surface area contributed by atoms with Crippen molar-refractivity contribution in [3.05, 3.63) is 53.6 Å². The van der Waals surface area contributed by atoms with Crippen molar-refractivity contribution in [2.24, 2.45) is 11.0 Å². The first-order valence-corrected chi connectivity index (χ1v) is 9.00. The molecule has 0 radical (unpaired) electrons. The van der Waals surface area contributed by atoms with Crippen LogP contribution in [0.5, 0.6) is 0 Å². The molecule has 2 N–H and O–H groups in total. The molecular weight excluding hydrogens is 326 g/mol. The highest BCUT2D eigenvalue weighted by Crippen LogP contribution is 2.26. The standard InChI is InChI=1S/C21H27N3O2/c1-5-6-20(25)22-18-11-9-16(10-12-18)21(26)24-23-19-13-17(14(2)3)8-7-15(19)4/h7,9-12,17H,2,5-6,8,13H2,1,3-4H3,(H,22,25)(H,24,26)/b23-19+/t17-/m1/s1. The Labute approximate surface area is 155 Å². The Bertz CT molecular complexity index is 745. The summed E-state index contributed by atoms with van der Waals surface area (Å²) >= 11 is 0. The summed E-state index contributed by atoms with van der Waals surface area (Å²) in [5.41, 5.74) is 6.93. The Kier molecular flexibility index (Phi) is 6.89. The normalized spacial score (nSPS) is 18.2. The lowest BCUT2D eigenvalue weighted by Gasteiger charge is -2.22. The first-order chi connectivity index (χ1) is 12.4. The summed E-state index contributed by atoms with van der Waals surface area (Å²) in [6.45, 7) is 10.0. The van der Waals surface area contributed by atoms with Gasteiger partial charge < -0.3 is 5.32 Å². The van der Waals surface area contributed by atoms with Crippen LogP contribution in [-0.4, -0.2) is 17.5 Å². The minimum absolute atomic E-state index is 0.0253. The molecule has 5 heteroatoms. The SMILES string of the molecule is C=C(C)[C@@H]1CC=C(C)/C(=N/NC(=O)c2ccc(NC(=O)CCC)cc2)C1. The fourth-order valence-electron chi connectivity index (χ4n) is 2.76. The largest absolute Gasteiger partial charge is 0.326 e. The molecule has 0 aliphatic heterocycles. The Balaban J connectivity index is 1.99. The third-order valence-electron chi connectivity index (χ3n) is 4.50. The number of rotatable bonds is 6. The second-order valence-corrected chi connectivity index (χ2v) is 6.75. The van der Waals surface area contributed by atoms with Gasteiger partial charge in [-0.15, -0.1) is 0 Å². The van der Waals surface area contributed by atoms with Crippen LogP contribution in [0.4, 0.5) is 5.69 Å². The van der Waals surface area contributed by atoms with Crippen LogP contribution in [0.15, 0.2) is 53.2 Å². The Morgan fingerprint density at radius 2 is 1.96 bits per heavy atom. The minimum atomic E-state index is -0.269. The average Bonchev–Trinajstić information content (AvgIpc) is 2.61. The van der Waals surface area contributed by atoms with E-state index in [1.165, 1.54) is 0 Å². The zero-order chi connectivity index (χ0) is 19.1. The number of nitrogens with one attached hydrogen (secondary N) is 2. The van der Waals surface area contributed by atoms with Gasteiger partial charge in [0.1, 0.15) is 0 Å². The summed E-state index contributed by atoms with van der Waals surface area (Å²) in [5.74, 6) is 0.0808. The molecule has 1 aliphatic carbocycles. The summed E-state index contributed by atoms with van der Waals surface area (Å²) in [6.07, 6.45) is 5.19. The van der Waals surface area contributed by atoms with E-state index in [0.717, 1.165) is 36.1 Å². The zero-order valence-electron chi connectivity index (χ0n) is 15.8. The van der Waals surface area contributed by atoms with Gasteiger partial charge in [-0.2, -0.15) is 5.10 Å². The lowest BCUT2D eigenvalue weighted by molar-refractivity contribution is -0.116. The van der Waals surface area contributed by atoms with Crippen molar-refractivity contribution in [3.63, 3.8) is 0 Å². The number of benzene rings is 1. The van der Waals surface area contributed by atoms with Gasteiger partial charge in [0.25, 0.3) is 5.91 Å². The second-order valence-electron chi connectivity index (χ2n) is 6.75. The number of hydrazone groups is 1. The van der Waals surface area contributed by atoms with Crippen LogP contribution in [0.25, 0.3) is 0 Å². The molecule has 1 aromatic rings. The lowest BCUT2D eigenvalue weighted by Crippen LogP contribution is -2.23. The van der Waals surface area contributed by atoms with Crippen LogP contribution in [0.2, 0.25) is 0 Å². The predicted molar refractivity (Wildman–Crippen MR) is 106 cm³/mol. The highest BCUT2D eigenvalue weighted by Gasteiger charge is 2.19. The molecule has 0 saturated carbocycles. The molecule has 0 heterocycles. The number of amides is 2. The van der Waals surface area contributed by atoms with E-state index in [1.54, 1.807) is 24.3 Å². The number of carbonyl (C=O) groups excluding carboxylic acids is 2. The minimum Gasteiger partial charge on any atom is -0.326 e. The summed E-state index contributed by atoms with van der Waals surface area (Å²) in [4.78, 5) is 23.9. The number of nitrogens with zero attached hydrogens (tertiary/aromatic N) is 1. The molecule has 0 saturated heterocycles. The Morgan fingerprint density at radius 1 is 1.27 bits per heavy atom. The van der Waals surface area contributed by atoms with Gasteiger partial charge in [0, 0.05) is 17.7 Å². The van der Waals surface area contributed by atoms with Crippen molar-refractivity contribution in [3.8, 4) is 0 Å². The van der Waals surface area contributed by atoms with E-state index in [9.17, 15) is 9.59 Å². The van der Waals surface area contributed by atoms with E-state index in [2.05, 4.69) is 28.5 Å². The molecule has 0 aromatic heterocycles. The van der Waals surface area contributed by atoms with Gasteiger partial charge in [-0.25, -0.2) is 5.43 Å². The molecule has 0 bridgehead atoms. The lowest BCUT2D eigenvalue weighted by atomic mass is 9.85. The first kappa shape index (κ1) is 19.6. The quantitative estimate of drug-likeness (QED) is 0.586. The monoisotopic (exact) mass is 353 g/mol. The molecule has 1 aliphatic rings. The van der Waals surface area contributed by atoms with E-state index >= 15 is 0 Å². The Morgan fingerprint density at radius 3 is 2.58 bits per heavy atom. The fourth-order valence-corrected chi connectivity index (χ4v) is 2.76. The molecule has 1 atom stereocenters. The van der Waals surface area contributed by atoms with Crippen LogP contribution < -0.4 is 10.7 Å². The molecule has 0 unspecified atom stereocenters. The predicted octanol–water partition coefficient (Wildman–Crippen LogP) is 4.44. The van der Waals surface area contributed by atoms with Crippen LogP contribution in [0.1, 0.15) is 56.8 Å². The van der Waals surface area contributed by atoms with E-state index in [1.807, 2.05) is 20.8 Å². The van der Waals surface area contributed by atoms with E-state index in [0.29, 0.717) is 23.6 Å². The van der Waals surface area contributed by atoms with Crippen LogP contribution >= 0.6 is 0 Å². The molecule has 1 aromatic carbocycles. The fraction of sp³-hybridized carbons (Fsp3) is 0.381. The topological polar surface area (TPSA) is 70.6 Å². The summed E-state index contributed by atoms with van der Waals surface area (Å²) < 4.78 is 0. The second kappa shape index (κ2) is 9.13. The van der Waals surface area contributed by atoms with Crippen molar-refractivity contribution >= 4 is 23.2 Å². The number of hydrogen-bond donors (Lipinski definition) is 2. The average molecular weight is 353 g/mol. The zero-order valence-corrected chi connectivity index (χ0v) is 15.8. The van der Waals surface area contributed by atoms with Crippen molar-refractivity contribution < 1.29 is 9.59 Å². The van der Waals surface area contributed by atoms with E-state index in [4.69, 9.17) is 0 Å². The smallest absolute Gasteiger partial charge is 0.271 e. The van der Waals surface area contributed by atoms with Crippen LogP contribution in [0.3, 0.4) is 0 Å². The van der Waals surface area contributed by atoms with Crippen molar-refractivity contribution in [1.29, 1.82) is 0 Å². The van der Waals surface area contributed by atoms with Gasteiger partial charge in [0.05, 0.1) is 5.71 Å². The van der Waals surface area contributed by atoms with E-state index < -0.39 is 0 Å². The van der Waals surface area contributed by atoms with Gasteiger partial charge in [0.2, 0.25) is 5.91 Å². The maximum atomic E-state index is 12.3. The summed E-state index contributed by atoms with van der Waals surface area (Å²) in [5, 5.41) is 7.11. The van der Waals surface area contributed by atoms with E-state index in [-0.39, 0.29) is 11.8 Å². The third-order valence-corrected chi connectivity index (χ3v) is 4.50. The summed E-state index contributed by atoms with van der Waals surface area (Å²) in [6, 6.07) is 6.80. The molecule has 5 nitrogen and oxygen atoms in total. The maximum absolute atomic E-state index is 12.3. The molecule has 2 amide bonds. The van der Waals surface area contributed by atoms with Gasteiger partial charge >= 0.3 is 0 Å². The molecule has 26 heavy (non-hydrogen) atoms. The highest BCUT2D eigenvalue weighted by atomic mass is 16.2. The van der Waals surface area contributed by atoms with Gasteiger partial charge in [-0.1, -0.05) is 25.2 Å². The van der Waals surface area contributed by atoms with Gasteiger partial charge in [-0.05, 0) is 68.9 Å². The number of carbonyl (C=O) groups is 2. The van der Waals surface area contributed by atoms with Crippen LogP contribution in [-0.2, 0) is 4.79 Å².